The van der Waals surface area contributed by atoms with Gasteiger partial charge in [0, 0.05) is 0 Å². The second-order valence-electron chi connectivity index (χ2n) is 3.60. The number of primary sulfonamides is 1. The normalized spacial score (nSPS) is 12.3. The van der Waals surface area contributed by atoms with E-state index in [4.69, 9.17) is 10.2 Å². The van der Waals surface area contributed by atoms with Crippen molar-refractivity contribution >= 4 is 25.8 Å². The number of nitrogens with two attached hydrogens (primary N) is 1. The Labute approximate surface area is 108 Å². The van der Waals surface area contributed by atoms with Crippen molar-refractivity contribution in [2.75, 3.05) is 5.75 Å². The molecule has 0 unspecified atom stereocenters. The number of aliphatic carboxylic acids is 1. The van der Waals surface area contributed by atoms with Crippen LogP contribution in [0.1, 0.15) is 6.42 Å². The molecule has 1 aromatic rings. The Hall–Kier alpha value is -1.52. The van der Waals surface area contributed by atoms with Gasteiger partial charge in [-0.25, -0.2) is 26.4 Å². The van der Waals surface area contributed by atoms with Gasteiger partial charge >= 0.3 is 5.97 Å². The van der Waals surface area contributed by atoms with Crippen molar-refractivity contribution < 1.29 is 31.1 Å². The highest BCUT2D eigenvalue weighted by Crippen LogP contribution is 2.20. The third-order valence-corrected chi connectivity index (χ3v) is 4.81. The summed E-state index contributed by atoms with van der Waals surface area (Å²) in [5, 5.41) is 13.2. The Balaban J connectivity index is 3.20. The predicted octanol–water partition coefficient (Wildman–Crippen LogP) is -0.279. The van der Waals surface area contributed by atoms with E-state index in [9.17, 15) is 26.0 Å². The van der Waals surface area contributed by atoms with Crippen molar-refractivity contribution in [2.45, 2.75) is 16.2 Å². The largest absolute Gasteiger partial charge is 0.481 e. The second kappa shape index (κ2) is 5.23. The van der Waals surface area contributed by atoms with E-state index in [1.165, 1.54) is 0 Å². The van der Waals surface area contributed by atoms with Crippen LogP contribution in [-0.2, 0) is 24.7 Å². The molecule has 1 rings (SSSR count). The minimum atomic E-state index is -4.14. The summed E-state index contributed by atoms with van der Waals surface area (Å²) in [6, 6.07) is 2.06. The van der Waals surface area contributed by atoms with Crippen molar-refractivity contribution in [3.05, 3.63) is 24.0 Å². The molecule has 7 nitrogen and oxygen atoms in total. The van der Waals surface area contributed by atoms with Crippen LogP contribution in [0.3, 0.4) is 0 Å². The van der Waals surface area contributed by atoms with Gasteiger partial charge in [0.05, 0.1) is 17.1 Å². The summed E-state index contributed by atoms with van der Waals surface area (Å²) in [6.07, 6.45) is -0.682. The number of sulfonamides is 1. The molecular weight excluding hydrogens is 301 g/mol. The molecule has 0 heterocycles. The van der Waals surface area contributed by atoms with Gasteiger partial charge in [0.15, 0.2) is 9.84 Å². The van der Waals surface area contributed by atoms with Gasteiger partial charge in [0.25, 0.3) is 0 Å². The summed E-state index contributed by atoms with van der Waals surface area (Å²) in [5.41, 5.74) is 0. The van der Waals surface area contributed by atoms with Gasteiger partial charge in [-0.2, -0.15) is 0 Å². The number of carboxylic acid groups (broad SMARTS) is 1. The molecule has 0 bridgehead atoms. The van der Waals surface area contributed by atoms with E-state index in [1.807, 2.05) is 0 Å². The van der Waals surface area contributed by atoms with E-state index in [0.717, 1.165) is 12.1 Å². The fourth-order valence-electron chi connectivity index (χ4n) is 1.24. The number of sulfone groups is 1. The maximum absolute atomic E-state index is 13.6. The molecule has 0 aliphatic heterocycles. The van der Waals surface area contributed by atoms with Crippen molar-refractivity contribution in [1.29, 1.82) is 0 Å². The molecule has 0 aromatic heterocycles. The Morgan fingerprint density at radius 2 is 1.84 bits per heavy atom. The molecule has 1 aromatic carbocycles. The Morgan fingerprint density at radius 3 is 2.26 bits per heavy atom. The van der Waals surface area contributed by atoms with Crippen LogP contribution in [-0.4, -0.2) is 33.7 Å². The Morgan fingerprint density at radius 1 is 1.26 bits per heavy atom. The van der Waals surface area contributed by atoms with Gasteiger partial charge in [0.2, 0.25) is 10.0 Å². The number of carbonyl (C=O) groups is 1. The molecule has 0 fully saturated rings. The molecule has 10 heteroatoms. The Bertz CT molecular complexity index is 710. The van der Waals surface area contributed by atoms with E-state index in [1.54, 1.807) is 0 Å². The highest BCUT2D eigenvalue weighted by molar-refractivity contribution is 7.91. The summed E-state index contributed by atoms with van der Waals surface area (Å²) in [7, 11) is -8.28. The van der Waals surface area contributed by atoms with Crippen LogP contribution in [0.25, 0.3) is 0 Å². The number of rotatable bonds is 5. The van der Waals surface area contributed by atoms with Gasteiger partial charge < -0.3 is 5.11 Å². The van der Waals surface area contributed by atoms with Gasteiger partial charge in [-0.05, 0) is 18.2 Å². The molecule has 0 radical (unpaired) electrons. The van der Waals surface area contributed by atoms with Crippen molar-refractivity contribution in [3.8, 4) is 0 Å². The van der Waals surface area contributed by atoms with Crippen LogP contribution >= 0.6 is 0 Å². The van der Waals surface area contributed by atoms with E-state index in [-0.39, 0.29) is 0 Å². The van der Waals surface area contributed by atoms with Gasteiger partial charge in [0.1, 0.15) is 10.7 Å². The van der Waals surface area contributed by atoms with E-state index in [0.29, 0.717) is 6.07 Å². The number of halogens is 1. The zero-order valence-corrected chi connectivity index (χ0v) is 11.0. The molecule has 0 spiro atoms. The summed E-state index contributed by atoms with van der Waals surface area (Å²) >= 11 is 0. The fraction of sp³-hybridized carbons (Fsp3) is 0.222. The first-order valence-electron chi connectivity index (χ1n) is 4.81. The first kappa shape index (κ1) is 15.5. The molecule has 19 heavy (non-hydrogen) atoms. The smallest absolute Gasteiger partial charge is 0.304 e. The lowest BCUT2D eigenvalue weighted by Crippen LogP contribution is -2.15. The van der Waals surface area contributed by atoms with E-state index >= 15 is 0 Å². The summed E-state index contributed by atoms with van der Waals surface area (Å²) in [5.74, 6) is -3.42. The lowest BCUT2D eigenvalue weighted by molar-refractivity contribution is -0.136. The minimum Gasteiger partial charge on any atom is -0.481 e. The number of hydrogen-bond donors (Lipinski definition) is 2. The van der Waals surface area contributed by atoms with Crippen LogP contribution in [0.5, 0.6) is 0 Å². The number of carboxylic acids is 1. The van der Waals surface area contributed by atoms with Crippen molar-refractivity contribution in [1.82, 2.24) is 0 Å². The first-order chi connectivity index (χ1) is 8.54. The SMILES string of the molecule is NS(=O)(=O)c1ccc(S(=O)(=O)CCC(=O)O)c(F)c1. The van der Waals surface area contributed by atoms with Gasteiger partial charge in [-0.3, -0.25) is 4.79 Å². The van der Waals surface area contributed by atoms with Crippen LogP contribution in [0.15, 0.2) is 28.0 Å². The quantitative estimate of drug-likeness (QED) is 0.768. The zero-order chi connectivity index (χ0) is 14.8. The van der Waals surface area contributed by atoms with E-state index in [2.05, 4.69) is 0 Å². The maximum Gasteiger partial charge on any atom is 0.304 e. The molecule has 106 valence electrons. The Kier molecular flexibility index (Phi) is 4.28. The van der Waals surface area contributed by atoms with Gasteiger partial charge in [-0.15, -0.1) is 0 Å². The maximum atomic E-state index is 13.6. The fourth-order valence-corrected chi connectivity index (χ4v) is 3.06. The number of hydrogen-bond acceptors (Lipinski definition) is 5. The summed E-state index contributed by atoms with van der Waals surface area (Å²) < 4.78 is 58.7. The predicted molar refractivity (Wildman–Crippen MR) is 62.1 cm³/mol. The number of benzene rings is 1. The monoisotopic (exact) mass is 311 g/mol. The molecule has 0 aliphatic rings. The highest BCUT2D eigenvalue weighted by atomic mass is 32.2. The average molecular weight is 311 g/mol. The average Bonchev–Trinajstić information content (AvgIpc) is 2.25. The molecule has 0 saturated heterocycles. The molecule has 0 atom stereocenters. The van der Waals surface area contributed by atoms with Gasteiger partial charge in [-0.1, -0.05) is 0 Å². The molecule has 0 amide bonds. The van der Waals surface area contributed by atoms with Crippen LogP contribution in [0.2, 0.25) is 0 Å². The standard InChI is InChI=1S/C9H10FNO6S2/c10-7-5-6(19(11,16)17)1-2-8(7)18(14,15)4-3-9(12)13/h1-2,5H,3-4H2,(H,12,13)(H2,11,16,17). The van der Waals surface area contributed by atoms with Crippen molar-refractivity contribution in [2.24, 2.45) is 5.14 Å². The van der Waals surface area contributed by atoms with Crippen molar-refractivity contribution in [3.63, 3.8) is 0 Å². The lowest BCUT2D eigenvalue weighted by Gasteiger charge is -2.05. The third-order valence-electron chi connectivity index (χ3n) is 2.15. The minimum absolute atomic E-state index is 0.475. The van der Waals surface area contributed by atoms with Crippen LogP contribution in [0, 0.1) is 5.82 Å². The zero-order valence-electron chi connectivity index (χ0n) is 9.41. The second-order valence-corrected chi connectivity index (χ2v) is 7.24. The molecular formula is C9H10FNO6S2. The summed E-state index contributed by atoms with van der Waals surface area (Å²) in [4.78, 5) is 8.96. The molecule has 0 saturated carbocycles. The first-order valence-corrected chi connectivity index (χ1v) is 8.01. The lowest BCUT2D eigenvalue weighted by atomic mass is 10.3. The highest BCUT2D eigenvalue weighted by Gasteiger charge is 2.22. The summed E-state index contributed by atoms with van der Waals surface area (Å²) in [6.45, 7) is 0. The van der Waals surface area contributed by atoms with Crippen LogP contribution in [0.4, 0.5) is 4.39 Å². The molecule has 3 N–H and O–H groups in total. The van der Waals surface area contributed by atoms with E-state index < -0.39 is 53.6 Å². The third kappa shape index (κ3) is 3.98. The topological polar surface area (TPSA) is 132 Å². The van der Waals surface area contributed by atoms with Crippen LogP contribution < -0.4 is 5.14 Å². The molecule has 0 aliphatic carbocycles.